The predicted octanol–water partition coefficient (Wildman–Crippen LogP) is 3.49. The first-order valence-corrected chi connectivity index (χ1v) is 9.89. The van der Waals surface area contributed by atoms with Gasteiger partial charge in [0, 0.05) is 17.9 Å². The van der Waals surface area contributed by atoms with Crippen LogP contribution in [-0.4, -0.2) is 20.2 Å². The molecule has 0 unspecified atom stereocenters. The predicted molar refractivity (Wildman–Crippen MR) is 99.8 cm³/mol. The topological polar surface area (TPSA) is 83.6 Å². The summed E-state index contributed by atoms with van der Waals surface area (Å²) in [5.41, 5.74) is 1.50. The van der Waals surface area contributed by atoms with Crippen LogP contribution in [0.3, 0.4) is 0 Å². The Morgan fingerprint density at radius 1 is 1.00 bits per heavy atom. The smallest absolute Gasteiger partial charge is 0.261 e. The molecule has 26 heavy (non-hydrogen) atoms. The first kappa shape index (κ1) is 18.4. The van der Waals surface area contributed by atoms with E-state index in [1.807, 2.05) is 0 Å². The Hall–Kier alpha value is -2.38. The monoisotopic (exact) mass is 392 g/mol. The van der Waals surface area contributed by atoms with Crippen LogP contribution in [0.5, 0.6) is 0 Å². The van der Waals surface area contributed by atoms with Crippen molar-refractivity contribution < 1.29 is 18.0 Å². The summed E-state index contributed by atoms with van der Waals surface area (Å²) in [4.78, 5) is 25.1. The molecule has 1 N–H and O–H groups in total. The lowest BCUT2D eigenvalue weighted by Crippen LogP contribution is -2.40. The number of piperidine rings is 1. The lowest BCUT2D eigenvalue weighted by Gasteiger charge is -2.24. The van der Waals surface area contributed by atoms with Gasteiger partial charge in [-0.3, -0.25) is 19.2 Å². The molecular formula is C18H17ClN2O4S. The van der Waals surface area contributed by atoms with E-state index in [-0.39, 0.29) is 16.7 Å². The van der Waals surface area contributed by atoms with Crippen LogP contribution in [0.4, 0.5) is 11.4 Å². The number of carbonyl (C=O) groups is 2. The van der Waals surface area contributed by atoms with Gasteiger partial charge in [-0.15, -0.1) is 0 Å². The SMILES string of the molecule is Cc1cc(Cl)ccc1NS(=O)(=O)c1ccc(N2C(=O)CCCC2=O)cc1. The molecule has 0 atom stereocenters. The Morgan fingerprint density at radius 2 is 1.62 bits per heavy atom. The third kappa shape index (κ3) is 3.73. The van der Waals surface area contributed by atoms with Crippen LogP contribution < -0.4 is 9.62 Å². The normalized spacial score (nSPS) is 15.2. The van der Waals surface area contributed by atoms with Crippen molar-refractivity contribution >= 4 is 44.8 Å². The van der Waals surface area contributed by atoms with E-state index in [0.717, 1.165) is 4.90 Å². The maximum atomic E-state index is 12.6. The second-order valence-corrected chi connectivity index (χ2v) is 8.15. The molecular weight excluding hydrogens is 376 g/mol. The van der Waals surface area contributed by atoms with Crippen molar-refractivity contribution in [1.82, 2.24) is 0 Å². The number of nitrogens with zero attached hydrogens (tertiary/aromatic N) is 1. The first-order chi connectivity index (χ1) is 12.3. The number of rotatable bonds is 4. The van der Waals surface area contributed by atoms with Crippen LogP contribution >= 0.6 is 11.6 Å². The molecule has 0 bridgehead atoms. The maximum Gasteiger partial charge on any atom is 0.261 e. The van der Waals surface area contributed by atoms with Gasteiger partial charge in [0.2, 0.25) is 11.8 Å². The van der Waals surface area contributed by atoms with E-state index in [2.05, 4.69) is 4.72 Å². The molecule has 2 amide bonds. The summed E-state index contributed by atoms with van der Waals surface area (Å²) >= 11 is 5.88. The standard InChI is InChI=1S/C18H17ClN2O4S/c1-12-11-13(19)5-10-16(12)20-26(24,25)15-8-6-14(7-9-15)21-17(22)3-2-4-18(21)23/h5-11,20H,2-4H2,1H3. The van der Waals surface area contributed by atoms with E-state index in [1.54, 1.807) is 25.1 Å². The van der Waals surface area contributed by atoms with Crippen LogP contribution in [0.15, 0.2) is 47.4 Å². The molecule has 1 saturated heterocycles. The molecule has 1 aliphatic heterocycles. The van der Waals surface area contributed by atoms with Gasteiger partial charge in [0.05, 0.1) is 16.3 Å². The van der Waals surface area contributed by atoms with Crippen LogP contribution in [0.1, 0.15) is 24.8 Å². The number of imide groups is 1. The quantitative estimate of drug-likeness (QED) is 0.807. The van der Waals surface area contributed by atoms with Crippen LogP contribution in [0, 0.1) is 6.92 Å². The Kier molecular flexibility index (Phi) is 5.02. The van der Waals surface area contributed by atoms with E-state index < -0.39 is 10.0 Å². The van der Waals surface area contributed by atoms with Gasteiger partial charge < -0.3 is 0 Å². The van der Waals surface area contributed by atoms with Gasteiger partial charge >= 0.3 is 0 Å². The second-order valence-electron chi connectivity index (χ2n) is 6.04. The highest BCUT2D eigenvalue weighted by molar-refractivity contribution is 7.92. The summed E-state index contributed by atoms with van der Waals surface area (Å²) in [7, 11) is -3.80. The van der Waals surface area contributed by atoms with Gasteiger partial charge in [0.25, 0.3) is 10.0 Å². The van der Waals surface area contributed by atoms with Crippen LogP contribution in [0.25, 0.3) is 0 Å². The molecule has 1 fully saturated rings. The fraction of sp³-hybridized carbons (Fsp3) is 0.222. The highest BCUT2D eigenvalue weighted by atomic mass is 35.5. The van der Waals surface area contributed by atoms with E-state index in [9.17, 15) is 18.0 Å². The average molecular weight is 393 g/mol. The van der Waals surface area contributed by atoms with Crippen molar-refractivity contribution in [1.29, 1.82) is 0 Å². The molecule has 0 radical (unpaired) electrons. The maximum absolute atomic E-state index is 12.6. The van der Waals surface area contributed by atoms with Crippen molar-refractivity contribution in [3.05, 3.63) is 53.1 Å². The number of benzene rings is 2. The number of anilines is 2. The van der Waals surface area contributed by atoms with Crippen molar-refractivity contribution in [2.75, 3.05) is 9.62 Å². The third-order valence-corrected chi connectivity index (χ3v) is 5.73. The molecule has 2 aromatic rings. The second kappa shape index (κ2) is 7.09. The van der Waals surface area contributed by atoms with E-state index in [1.165, 1.54) is 24.3 Å². The number of aryl methyl sites for hydroxylation is 1. The Morgan fingerprint density at radius 3 is 2.19 bits per heavy atom. The number of nitrogens with one attached hydrogen (secondary N) is 1. The zero-order valence-electron chi connectivity index (χ0n) is 14.0. The summed E-state index contributed by atoms with van der Waals surface area (Å²) in [5.74, 6) is -0.543. The molecule has 8 heteroatoms. The molecule has 6 nitrogen and oxygen atoms in total. The number of hydrogen-bond donors (Lipinski definition) is 1. The van der Waals surface area contributed by atoms with Crippen molar-refractivity contribution in [3.8, 4) is 0 Å². The fourth-order valence-electron chi connectivity index (χ4n) is 2.76. The van der Waals surface area contributed by atoms with E-state index in [4.69, 9.17) is 11.6 Å². The average Bonchev–Trinajstić information content (AvgIpc) is 2.58. The zero-order chi connectivity index (χ0) is 18.9. The lowest BCUT2D eigenvalue weighted by molar-refractivity contribution is -0.129. The zero-order valence-corrected chi connectivity index (χ0v) is 15.6. The largest absolute Gasteiger partial charge is 0.279 e. The van der Waals surface area contributed by atoms with Crippen molar-refractivity contribution in [3.63, 3.8) is 0 Å². The fourth-order valence-corrected chi connectivity index (χ4v) is 4.12. The molecule has 0 spiro atoms. The number of hydrogen-bond acceptors (Lipinski definition) is 4. The van der Waals surface area contributed by atoms with Gasteiger partial charge in [-0.1, -0.05) is 11.6 Å². The van der Waals surface area contributed by atoms with Gasteiger partial charge in [0.1, 0.15) is 0 Å². The Bertz CT molecular complexity index is 955. The van der Waals surface area contributed by atoms with Crippen molar-refractivity contribution in [2.24, 2.45) is 0 Å². The lowest BCUT2D eigenvalue weighted by atomic mass is 10.1. The molecule has 1 aliphatic rings. The first-order valence-electron chi connectivity index (χ1n) is 8.03. The summed E-state index contributed by atoms with van der Waals surface area (Å²) in [6.45, 7) is 1.75. The van der Waals surface area contributed by atoms with E-state index in [0.29, 0.717) is 41.2 Å². The minimum Gasteiger partial charge on any atom is -0.279 e. The Balaban J connectivity index is 1.85. The van der Waals surface area contributed by atoms with E-state index >= 15 is 0 Å². The molecule has 0 saturated carbocycles. The third-order valence-electron chi connectivity index (χ3n) is 4.12. The van der Waals surface area contributed by atoms with Crippen LogP contribution in [-0.2, 0) is 19.6 Å². The molecule has 1 heterocycles. The molecule has 2 aromatic carbocycles. The molecule has 3 rings (SSSR count). The molecule has 0 aliphatic carbocycles. The van der Waals surface area contributed by atoms with Crippen molar-refractivity contribution in [2.45, 2.75) is 31.1 Å². The van der Waals surface area contributed by atoms with Crippen LogP contribution in [0.2, 0.25) is 5.02 Å². The molecule has 136 valence electrons. The summed E-state index contributed by atoms with van der Waals surface area (Å²) < 4.78 is 27.6. The van der Waals surface area contributed by atoms with Gasteiger partial charge in [-0.2, -0.15) is 0 Å². The van der Waals surface area contributed by atoms with Gasteiger partial charge in [0.15, 0.2) is 0 Å². The van der Waals surface area contributed by atoms with Gasteiger partial charge in [-0.25, -0.2) is 8.42 Å². The summed E-state index contributed by atoms with van der Waals surface area (Å²) in [6, 6.07) is 10.5. The van der Waals surface area contributed by atoms with Gasteiger partial charge in [-0.05, 0) is 61.4 Å². The number of halogens is 1. The Labute approximate surface area is 156 Å². The summed E-state index contributed by atoms with van der Waals surface area (Å²) in [6.07, 6.45) is 1.16. The summed E-state index contributed by atoms with van der Waals surface area (Å²) in [5, 5.41) is 0.519. The highest BCUT2D eigenvalue weighted by Crippen LogP contribution is 2.26. The number of amides is 2. The minimum absolute atomic E-state index is 0.0347. The number of carbonyl (C=O) groups excluding carboxylic acids is 2. The molecule has 0 aromatic heterocycles. The highest BCUT2D eigenvalue weighted by Gasteiger charge is 2.27. The number of sulfonamides is 1. The minimum atomic E-state index is -3.80.